The first-order valence-corrected chi connectivity index (χ1v) is 9.84. The molecule has 32 heavy (non-hydrogen) atoms. The smallest absolute Gasteiger partial charge is 0.407 e. The number of carbonyl (C=O) groups is 1. The Balaban J connectivity index is 1.34. The quantitative estimate of drug-likeness (QED) is 0.413. The van der Waals surface area contributed by atoms with Crippen LogP contribution in [-0.4, -0.2) is 24.2 Å². The lowest BCUT2D eigenvalue weighted by atomic mass is 9.98. The number of ether oxygens (including phenoxy) is 1. The molecule has 0 spiro atoms. The second-order valence-corrected chi connectivity index (χ2v) is 7.19. The third-order valence-electron chi connectivity index (χ3n) is 5.27. The molecular formula is C24H18F2N2O4. The van der Waals surface area contributed by atoms with Crippen molar-refractivity contribution in [2.45, 2.75) is 5.92 Å². The minimum atomic E-state index is -1.14. The number of benzene rings is 3. The molecule has 0 aliphatic heterocycles. The zero-order chi connectivity index (χ0) is 22.7. The molecule has 6 nitrogen and oxygen atoms in total. The molecule has 1 aliphatic rings. The average molecular weight is 436 g/mol. The van der Waals surface area contributed by atoms with E-state index in [1.54, 1.807) is 0 Å². The molecule has 0 saturated carbocycles. The first-order chi connectivity index (χ1) is 15.5. The number of fused-ring (bicyclic) bond motifs is 3. The molecule has 4 rings (SSSR count). The summed E-state index contributed by atoms with van der Waals surface area (Å²) >= 11 is 0. The maximum atomic E-state index is 13.9. The fourth-order valence-corrected chi connectivity index (χ4v) is 3.80. The molecule has 1 amide bonds. The van der Waals surface area contributed by atoms with Gasteiger partial charge in [-0.05, 0) is 28.3 Å². The monoisotopic (exact) mass is 436 g/mol. The lowest BCUT2D eigenvalue weighted by Gasteiger charge is -2.14. The van der Waals surface area contributed by atoms with Crippen LogP contribution in [0, 0.1) is 21.7 Å². The number of rotatable bonds is 6. The second-order valence-electron chi connectivity index (χ2n) is 7.19. The van der Waals surface area contributed by atoms with E-state index in [0.717, 1.165) is 28.3 Å². The molecular weight excluding hydrogens is 418 g/mol. The first kappa shape index (κ1) is 21.2. The van der Waals surface area contributed by atoms with Crippen molar-refractivity contribution in [1.82, 2.24) is 5.32 Å². The Hall–Kier alpha value is -4.07. The van der Waals surface area contributed by atoms with Gasteiger partial charge in [-0.15, -0.1) is 0 Å². The second kappa shape index (κ2) is 8.97. The third kappa shape index (κ3) is 4.20. The zero-order valence-electron chi connectivity index (χ0n) is 16.8. The van der Waals surface area contributed by atoms with Crippen LogP contribution in [0.25, 0.3) is 17.2 Å². The molecule has 3 aromatic rings. The van der Waals surface area contributed by atoms with E-state index in [0.29, 0.717) is 6.07 Å². The van der Waals surface area contributed by atoms with E-state index in [9.17, 15) is 23.7 Å². The molecule has 1 N–H and O–H groups in total. The van der Waals surface area contributed by atoms with E-state index in [4.69, 9.17) is 4.74 Å². The SMILES string of the molecule is O=C(NCC=Cc1cc(F)c([N+](=O)[O-])cc1F)OCC1c2ccccc2-c2ccccc21. The van der Waals surface area contributed by atoms with Crippen molar-refractivity contribution in [1.29, 1.82) is 0 Å². The summed E-state index contributed by atoms with van der Waals surface area (Å²) in [4.78, 5) is 21.7. The largest absolute Gasteiger partial charge is 0.449 e. The van der Waals surface area contributed by atoms with Gasteiger partial charge in [-0.3, -0.25) is 10.1 Å². The van der Waals surface area contributed by atoms with E-state index < -0.39 is 28.3 Å². The topological polar surface area (TPSA) is 81.5 Å². The number of nitro groups is 1. The Morgan fingerprint density at radius 3 is 2.28 bits per heavy atom. The minimum absolute atomic E-state index is 0.00865. The predicted molar refractivity (Wildman–Crippen MR) is 115 cm³/mol. The van der Waals surface area contributed by atoms with Gasteiger partial charge >= 0.3 is 11.8 Å². The summed E-state index contributed by atoms with van der Waals surface area (Å²) in [5.41, 5.74) is 3.34. The molecule has 0 atom stereocenters. The van der Waals surface area contributed by atoms with Gasteiger partial charge in [0.05, 0.1) is 11.0 Å². The van der Waals surface area contributed by atoms with E-state index in [-0.39, 0.29) is 24.6 Å². The Morgan fingerprint density at radius 2 is 1.66 bits per heavy atom. The maximum absolute atomic E-state index is 13.9. The van der Waals surface area contributed by atoms with Gasteiger partial charge in [-0.1, -0.05) is 60.7 Å². The van der Waals surface area contributed by atoms with Gasteiger partial charge in [0, 0.05) is 18.0 Å². The molecule has 8 heteroatoms. The molecule has 0 bridgehead atoms. The Labute approximate surface area is 182 Å². The summed E-state index contributed by atoms with van der Waals surface area (Å²) in [6, 6.07) is 17.2. The van der Waals surface area contributed by atoms with Crippen molar-refractivity contribution in [3.05, 3.63) is 105 Å². The van der Waals surface area contributed by atoms with E-state index in [1.165, 1.54) is 12.2 Å². The van der Waals surface area contributed by atoms with Gasteiger partial charge < -0.3 is 10.1 Å². The highest BCUT2D eigenvalue weighted by atomic mass is 19.1. The Morgan fingerprint density at radius 1 is 1.03 bits per heavy atom. The van der Waals surface area contributed by atoms with Crippen LogP contribution in [0.3, 0.4) is 0 Å². The Bertz CT molecular complexity index is 1180. The molecule has 3 aromatic carbocycles. The molecule has 162 valence electrons. The van der Waals surface area contributed by atoms with Crippen LogP contribution in [0.5, 0.6) is 0 Å². The summed E-state index contributed by atoms with van der Waals surface area (Å²) in [5.74, 6) is -2.14. The highest BCUT2D eigenvalue weighted by molar-refractivity contribution is 5.79. The van der Waals surface area contributed by atoms with Gasteiger partial charge in [-0.25, -0.2) is 9.18 Å². The van der Waals surface area contributed by atoms with Gasteiger partial charge in [0.2, 0.25) is 5.82 Å². The fourth-order valence-electron chi connectivity index (χ4n) is 3.80. The van der Waals surface area contributed by atoms with Crippen LogP contribution in [0.2, 0.25) is 0 Å². The number of halogens is 2. The molecule has 0 aromatic heterocycles. The van der Waals surface area contributed by atoms with Gasteiger partial charge in [0.15, 0.2) is 0 Å². The summed E-state index contributed by atoms with van der Waals surface area (Å²) in [7, 11) is 0. The summed E-state index contributed by atoms with van der Waals surface area (Å²) in [6.07, 6.45) is 1.98. The van der Waals surface area contributed by atoms with Crippen LogP contribution in [0.4, 0.5) is 19.3 Å². The van der Waals surface area contributed by atoms with Gasteiger partial charge in [0.25, 0.3) is 0 Å². The number of alkyl carbamates (subject to hydrolysis) is 1. The third-order valence-corrected chi connectivity index (χ3v) is 5.27. The summed E-state index contributed by atoms with van der Waals surface area (Å²) in [5, 5.41) is 13.1. The van der Waals surface area contributed by atoms with Crippen molar-refractivity contribution in [2.75, 3.05) is 13.2 Å². The van der Waals surface area contributed by atoms with Crippen LogP contribution < -0.4 is 5.32 Å². The zero-order valence-corrected chi connectivity index (χ0v) is 16.8. The summed E-state index contributed by atoms with van der Waals surface area (Å²) < 4.78 is 32.9. The number of nitro benzene ring substituents is 1. The summed E-state index contributed by atoms with van der Waals surface area (Å²) in [6.45, 7) is 0.167. The maximum Gasteiger partial charge on any atom is 0.407 e. The fraction of sp³-hybridized carbons (Fsp3) is 0.125. The molecule has 0 fully saturated rings. The highest BCUT2D eigenvalue weighted by Crippen LogP contribution is 2.44. The number of nitrogens with zero attached hydrogens (tertiary/aromatic N) is 1. The minimum Gasteiger partial charge on any atom is -0.449 e. The van der Waals surface area contributed by atoms with Crippen molar-refractivity contribution < 1.29 is 23.2 Å². The lowest BCUT2D eigenvalue weighted by molar-refractivity contribution is -0.387. The van der Waals surface area contributed by atoms with E-state index in [1.807, 2.05) is 48.5 Å². The van der Waals surface area contributed by atoms with Crippen molar-refractivity contribution >= 4 is 17.9 Å². The Kier molecular flexibility index (Phi) is 5.93. The van der Waals surface area contributed by atoms with Crippen molar-refractivity contribution in [3.8, 4) is 11.1 Å². The van der Waals surface area contributed by atoms with Gasteiger partial charge in [-0.2, -0.15) is 4.39 Å². The normalized spacial score (nSPS) is 12.4. The average Bonchev–Trinajstić information content (AvgIpc) is 3.11. The number of carbonyl (C=O) groups excluding carboxylic acids is 1. The van der Waals surface area contributed by atoms with E-state index in [2.05, 4.69) is 5.32 Å². The van der Waals surface area contributed by atoms with Crippen LogP contribution in [0.15, 0.2) is 66.7 Å². The number of nitrogens with one attached hydrogen (secondary N) is 1. The molecule has 0 radical (unpaired) electrons. The molecule has 0 saturated heterocycles. The van der Waals surface area contributed by atoms with Crippen LogP contribution in [-0.2, 0) is 4.74 Å². The molecule has 1 aliphatic carbocycles. The lowest BCUT2D eigenvalue weighted by Crippen LogP contribution is -2.26. The predicted octanol–water partition coefficient (Wildman–Crippen LogP) is 5.42. The molecule has 0 unspecified atom stereocenters. The molecule has 0 heterocycles. The van der Waals surface area contributed by atoms with E-state index >= 15 is 0 Å². The number of hydrogen-bond acceptors (Lipinski definition) is 4. The van der Waals surface area contributed by atoms with Crippen LogP contribution >= 0.6 is 0 Å². The van der Waals surface area contributed by atoms with Gasteiger partial charge in [0.1, 0.15) is 12.4 Å². The number of amides is 1. The standard InChI is InChI=1S/C24H18F2N2O4/c25-21-13-23(28(30)31)22(26)12-15(21)6-5-11-27-24(29)32-14-20-18-9-3-1-7-16(18)17-8-2-4-10-19(17)20/h1-10,12-13,20H,11,14H2,(H,27,29). The number of hydrogen-bond donors (Lipinski definition) is 1. The van der Waals surface area contributed by atoms with Crippen molar-refractivity contribution in [2.24, 2.45) is 0 Å². The first-order valence-electron chi connectivity index (χ1n) is 9.84. The van der Waals surface area contributed by atoms with Crippen LogP contribution in [0.1, 0.15) is 22.6 Å². The highest BCUT2D eigenvalue weighted by Gasteiger charge is 2.28. The van der Waals surface area contributed by atoms with Crippen molar-refractivity contribution in [3.63, 3.8) is 0 Å².